The lowest BCUT2D eigenvalue weighted by molar-refractivity contribution is 0.0147. The average molecular weight is 443 g/mol. The van der Waals surface area contributed by atoms with Crippen molar-refractivity contribution >= 4 is 17.8 Å². The highest BCUT2D eigenvalue weighted by Gasteiger charge is 2.25. The molecule has 174 valence electrons. The first kappa shape index (κ1) is 23.6. The molecular formula is C23H34N6O3. The number of hydrogen-bond donors (Lipinski definition) is 2. The zero-order valence-corrected chi connectivity index (χ0v) is 19.6. The number of rotatable bonds is 5. The molecule has 0 radical (unpaired) electrons. The molecule has 9 nitrogen and oxygen atoms in total. The lowest BCUT2D eigenvalue weighted by Crippen LogP contribution is -2.51. The van der Waals surface area contributed by atoms with Crippen molar-refractivity contribution < 1.29 is 14.3 Å². The summed E-state index contributed by atoms with van der Waals surface area (Å²) in [4.78, 5) is 28.6. The molecule has 0 bridgehead atoms. The number of carbonyl (C=O) groups excluding carboxylic acids is 2. The molecule has 0 aliphatic carbocycles. The number of carbonyl (C=O) groups is 2. The number of piperazine rings is 1. The number of aryl methyl sites for hydroxylation is 2. The van der Waals surface area contributed by atoms with Crippen LogP contribution in [-0.2, 0) is 4.74 Å². The Morgan fingerprint density at radius 3 is 2.41 bits per heavy atom. The second-order valence-electron chi connectivity index (χ2n) is 9.05. The molecule has 1 aromatic heterocycles. The summed E-state index contributed by atoms with van der Waals surface area (Å²) in [5, 5.41) is 10.4. The fraction of sp³-hybridized carbons (Fsp3) is 0.522. The van der Waals surface area contributed by atoms with E-state index in [-0.39, 0.29) is 12.1 Å². The van der Waals surface area contributed by atoms with Crippen molar-refractivity contribution in [3.8, 4) is 5.69 Å². The van der Waals surface area contributed by atoms with Crippen LogP contribution in [0.25, 0.3) is 5.69 Å². The van der Waals surface area contributed by atoms with E-state index in [1.807, 2.05) is 69.6 Å². The summed E-state index contributed by atoms with van der Waals surface area (Å²) < 4.78 is 7.26. The van der Waals surface area contributed by atoms with Crippen LogP contribution in [0.4, 0.5) is 15.3 Å². The third-order valence-electron chi connectivity index (χ3n) is 5.13. The van der Waals surface area contributed by atoms with Crippen LogP contribution in [0.1, 0.15) is 32.2 Å². The summed E-state index contributed by atoms with van der Waals surface area (Å²) >= 11 is 0. The van der Waals surface area contributed by atoms with Gasteiger partial charge < -0.3 is 20.3 Å². The molecule has 0 unspecified atom stereocenters. The molecule has 1 aliphatic rings. The average Bonchev–Trinajstić information content (AvgIpc) is 3.05. The second kappa shape index (κ2) is 10.0. The van der Waals surface area contributed by atoms with Gasteiger partial charge in [0.1, 0.15) is 5.60 Å². The highest BCUT2D eigenvalue weighted by Crippen LogP contribution is 2.21. The lowest BCUT2D eigenvalue weighted by atomic mass is 10.2. The number of urea groups is 1. The number of nitrogens with zero attached hydrogens (tertiary/aromatic N) is 4. The molecule has 1 aliphatic heterocycles. The Morgan fingerprint density at radius 2 is 1.78 bits per heavy atom. The normalized spacial score (nSPS) is 14.8. The van der Waals surface area contributed by atoms with E-state index in [1.54, 1.807) is 4.90 Å². The van der Waals surface area contributed by atoms with Crippen molar-refractivity contribution in [2.24, 2.45) is 0 Å². The van der Waals surface area contributed by atoms with Gasteiger partial charge in [0.2, 0.25) is 0 Å². The van der Waals surface area contributed by atoms with Crippen molar-refractivity contribution in [2.75, 3.05) is 44.6 Å². The standard InChI is InChI=1S/C23H34N6O3/c1-17-16-18(2)29(26-17)20-9-7-6-8-19(20)25-21(30)24-10-11-27-12-14-28(15-13-27)22(31)32-23(3,4)5/h6-9,16H,10-15H2,1-5H3,(H2,24,25,30). The van der Waals surface area contributed by atoms with Gasteiger partial charge >= 0.3 is 12.1 Å². The molecular weight excluding hydrogens is 408 g/mol. The van der Waals surface area contributed by atoms with Gasteiger partial charge in [-0.25, -0.2) is 14.3 Å². The second-order valence-corrected chi connectivity index (χ2v) is 9.05. The first-order valence-electron chi connectivity index (χ1n) is 11.0. The number of amides is 3. The summed E-state index contributed by atoms with van der Waals surface area (Å²) in [6, 6.07) is 9.34. The van der Waals surface area contributed by atoms with Crippen LogP contribution in [0.5, 0.6) is 0 Å². The molecule has 1 fully saturated rings. The van der Waals surface area contributed by atoms with Crippen LogP contribution in [0.15, 0.2) is 30.3 Å². The predicted molar refractivity (Wildman–Crippen MR) is 124 cm³/mol. The van der Waals surface area contributed by atoms with Crippen LogP contribution in [0.2, 0.25) is 0 Å². The van der Waals surface area contributed by atoms with Crippen molar-refractivity contribution in [3.05, 3.63) is 41.7 Å². The fourth-order valence-corrected chi connectivity index (χ4v) is 3.61. The summed E-state index contributed by atoms with van der Waals surface area (Å²) in [6.07, 6.45) is -0.268. The molecule has 2 aromatic rings. The predicted octanol–water partition coefficient (Wildman–Crippen LogP) is 3.16. The Kier molecular flexibility index (Phi) is 7.40. The van der Waals surface area contributed by atoms with Crippen LogP contribution in [-0.4, -0.2) is 76.6 Å². The number of nitrogens with one attached hydrogen (secondary N) is 2. The zero-order chi connectivity index (χ0) is 23.3. The molecule has 3 amide bonds. The highest BCUT2D eigenvalue weighted by molar-refractivity contribution is 5.91. The molecule has 3 rings (SSSR count). The Labute approximate surface area is 189 Å². The van der Waals surface area contributed by atoms with Gasteiger partial charge in [0.25, 0.3) is 0 Å². The minimum atomic E-state index is -0.487. The minimum absolute atomic E-state index is 0.258. The van der Waals surface area contributed by atoms with Crippen LogP contribution < -0.4 is 10.6 Å². The third-order valence-corrected chi connectivity index (χ3v) is 5.13. The number of para-hydroxylation sites is 2. The number of anilines is 1. The highest BCUT2D eigenvalue weighted by atomic mass is 16.6. The number of aromatic nitrogens is 2. The minimum Gasteiger partial charge on any atom is -0.444 e. The first-order valence-corrected chi connectivity index (χ1v) is 11.0. The lowest BCUT2D eigenvalue weighted by Gasteiger charge is -2.35. The van der Waals surface area contributed by atoms with Gasteiger partial charge in [-0.15, -0.1) is 0 Å². The van der Waals surface area contributed by atoms with Crippen molar-refractivity contribution in [2.45, 2.75) is 40.2 Å². The Balaban J connectivity index is 1.44. The molecule has 1 aromatic carbocycles. The molecule has 0 atom stereocenters. The summed E-state index contributed by atoms with van der Waals surface area (Å²) in [7, 11) is 0. The van der Waals surface area contributed by atoms with E-state index in [4.69, 9.17) is 4.74 Å². The van der Waals surface area contributed by atoms with Crippen molar-refractivity contribution in [3.63, 3.8) is 0 Å². The van der Waals surface area contributed by atoms with Crippen LogP contribution >= 0.6 is 0 Å². The SMILES string of the molecule is Cc1cc(C)n(-c2ccccc2NC(=O)NCCN2CCN(C(=O)OC(C)(C)C)CC2)n1. The van der Waals surface area contributed by atoms with Crippen LogP contribution in [0.3, 0.4) is 0 Å². The third kappa shape index (κ3) is 6.46. The maximum atomic E-state index is 12.5. The van der Waals surface area contributed by atoms with Gasteiger partial charge in [0.05, 0.1) is 17.1 Å². The maximum absolute atomic E-state index is 12.5. The van der Waals surface area contributed by atoms with E-state index in [0.717, 1.165) is 30.2 Å². The van der Waals surface area contributed by atoms with E-state index in [2.05, 4.69) is 20.6 Å². The molecule has 0 spiro atoms. The van der Waals surface area contributed by atoms with E-state index in [9.17, 15) is 9.59 Å². The number of hydrogen-bond acceptors (Lipinski definition) is 5. The molecule has 1 saturated heterocycles. The van der Waals surface area contributed by atoms with E-state index in [0.29, 0.717) is 31.9 Å². The molecule has 2 N–H and O–H groups in total. The summed E-state index contributed by atoms with van der Waals surface area (Å²) in [5.74, 6) is 0. The van der Waals surface area contributed by atoms with Gasteiger partial charge in [-0.2, -0.15) is 5.10 Å². The Bertz CT molecular complexity index is 941. The zero-order valence-electron chi connectivity index (χ0n) is 19.6. The van der Waals surface area contributed by atoms with Gasteiger partial charge in [-0.05, 0) is 52.8 Å². The van der Waals surface area contributed by atoms with Gasteiger partial charge in [0.15, 0.2) is 0 Å². The Hall–Kier alpha value is -3.07. The quantitative estimate of drug-likeness (QED) is 0.742. The smallest absolute Gasteiger partial charge is 0.410 e. The maximum Gasteiger partial charge on any atom is 0.410 e. The number of ether oxygens (including phenoxy) is 1. The van der Waals surface area contributed by atoms with Crippen molar-refractivity contribution in [1.82, 2.24) is 24.9 Å². The van der Waals surface area contributed by atoms with Gasteiger partial charge in [-0.3, -0.25) is 4.90 Å². The fourth-order valence-electron chi connectivity index (χ4n) is 3.61. The summed E-state index contributed by atoms with van der Waals surface area (Å²) in [5.41, 5.74) is 2.96. The first-order chi connectivity index (χ1) is 15.1. The van der Waals surface area contributed by atoms with E-state index >= 15 is 0 Å². The summed E-state index contributed by atoms with van der Waals surface area (Å²) in [6.45, 7) is 13.5. The Morgan fingerprint density at radius 1 is 1.09 bits per heavy atom. The van der Waals surface area contributed by atoms with Crippen molar-refractivity contribution in [1.29, 1.82) is 0 Å². The monoisotopic (exact) mass is 442 g/mol. The molecule has 32 heavy (non-hydrogen) atoms. The van der Waals surface area contributed by atoms with E-state index in [1.165, 1.54) is 0 Å². The molecule has 9 heteroatoms. The van der Waals surface area contributed by atoms with E-state index < -0.39 is 5.60 Å². The topological polar surface area (TPSA) is 91.7 Å². The molecule has 0 saturated carbocycles. The largest absolute Gasteiger partial charge is 0.444 e. The number of benzene rings is 1. The van der Waals surface area contributed by atoms with Gasteiger partial charge in [0, 0.05) is 45.0 Å². The molecule has 2 heterocycles. The van der Waals surface area contributed by atoms with Gasteiger partial charge in [-0.1, -0.05) is 12.1 Å². The van der Waals surface area contributed by atoms with Crippen LogP contribution in [0, 0.1) is 13.8 Å².